The van der Waals surface area contributed by atoms with Crippen molar-refractivity contribution in [2.45, 2.75) is 13.3 Å². The van der Waals surface area contributed by atoms with Crippen LogP contribution in [0.3, 0.4) is 0 Å². The average molecular weight is 278 g/mol. The van der Waals surface area contributed by atoms with Crippen molar-refractivity contribution in [2.24, 2.45) is 0 Å². The molecule has 0 unspecified atom stereocenters. The molecule has 1 aromatic heterocycles. The van der Waals surface area contributed by atoms with Crippen LogP contribution in [0.25, 0.3) is 0 Å². The molecule has 0 fully saturated rings. The van der Waals surface area contributed by atoms with E-state index in [-0.39, 0.29) is 5.69 Å². The maximum absolute atomic E-state index is 10.4. The van der Waals surface area contributed by atoms with Gasteiger partial charge in [0.05, 0.1) is 4.92 Å². The van der Waals surface area contributed by atoms with Gasteiger partial charge in [-0.05, 0) is 35.1 Å². The van der Waals surface area contributed by atoms with Gasteiger partial charge in [-0.15, -0.1) is 0 Å². The van der Waals surface area contributed by atoms with Crippen LogP contribution < -0.4 is 0 Å². The molecule has 0 aliphatic rings. The third-order valence-electron chi connectivity index (χ3n) is 1.45. The second-order valence-electron chi connectivity index (χ2n) is 2.22. The Balaban J connectivity index is 3.12. The van der Waals surface area contributed by atoms with Crippen LogP contribution in [0.2, 0.25) is 0 Å². The Kier molecular flexibility index (Phi) is 2.96. The molecule has 0 amide bonds. The number of halogens is 1. The Labute approximate surface area is 83.3 Å². The minimum Gasteiger partial charge on any atom is -0.258 e. The summed E-state index contributed by atoms with van der Waals surface area (Å²) in [6.45, 7) is 1.96. The molecule has 0 radical (unpaired) electrons. The Morgan fingerprint density at radius 2 is 2.33 bits per heavy atom. The highest BCUT2D eigenvalue weighted by atomic mass is 127. The van der Waals surface area contributed by atoms with Crippen molar-refractivity contribution in [1.82, 2.24) is 4.98 Å². The van der Waals surface area contributed by atoms with E-state index in [1.807, 2.05) is 29.5 Å². The molecule has 0 aliphatic heterocycles. The summed E-state index contributed by atoms with van der Waals surface area (Å²) in [7, 11) is 0. The van der Waals surface area contributed by atoms with Gasteiger partial charge in [0.25, 0.3) is 0 Å². The highest BCUT2D eigenvalue weighted by Gasteiger charge is 2.11. The molecule has 0 atom stereocenters. The number of hydrogen-bond donors (Lipinski definition) is 0. The molecule has 0 aromatic carbocycles. The lowest BCUT2D eigenvalue weighted by atomic mass is 10.3. The van der Waals surface area contributed by atoms with Gasteiger partial charge >= 0.3 is 5.69 Å². The minimum absolute atomic E-state index is 0.0767. The lowest BCUT2D eigenvalue weighted by Gasteiger charge is -1.97. The summed E-state index contributed by atoms with van der Waals surface area (Å²) in [6, 6.07) is 3.17. The van der Waals surface area contributed by atoms with Crippen LogP contribution in [0.15, 0.2) is 12.1 Å². The first kappa shape index (κ1) is 9.37. The van der Waals surface area contributed by atoms with Crippen LogP contribution in [-0.4, -0.2) is 9.91 Å². The van der Waals surface area contributed by atoms with E-state index in [1.54, 1.807) is 6.07 Å². The average Bonchev–Trinajstić information content (AvgIpc) is 2.03. The number of pyridine rings is 1. The molecule has 0 bridgehead atoms. The molecule has 4 nitrogen and oxygen atoms in total. The largest absolute Gasteiger partial charge is 0.301 e. The van der Waals surface area contributed by atoms with E-state index in [2.05, 4.69) is 4.98 Å². The monoisotopic (exact) mass is 278 g/mol. The van der Waals surface area contributed by atoms with E-state index in [9.17, 15) is 10.1 Å². The van der Waals surface area contributed by atoms with Gasteiger partial charge in [-0.1, -0.05) is 6.92 Å². The fraction of sp³-hybridized carbons (Fsp3) is 0.286. The maximum atomic E-state index is 10.4. The van der Waals surface area contributed by atoms with Crippen molar-refractivity contribution in [1.29, 1.82) is 0 Å². The zero-order valence-corrected chi connectivity index (χ0v) is 8.61. The molecule has 1 rings (SSSR count). The second kappa shape index (κ2) is 3.79. The quantitative estimate of drug-likeness (QED) is 0.360. The molecule has 64 valence electrons. The highest BCUT2D eigenvalue weighted by molar-refractivity contribution is 14.1. The molecular weight excluding hydrogens is 271 g/mol. The van der Waals surface area contributed by atoms with Gasteiger partial charge in [-0.2, -0.15) is 0 Å². The first-order valence-electron chi connectivity index (χ1n) is 3.45. The molecule has 0 N–H and O–H groups in total. The van der Waals surface area contributed by atoms with Gasteiger partial charge in [0, 0.05) is 11.8 Å². The zero-order valence-electron chi connectivity index (χ0n) is 6.45. The van der Waals surface area contributed by atoms with Gasteiger partial charge in [0.15, 0.2) is 3.70 Å². The third-order valence-corrected chi connectivity index (χ3v) is 2.24. The van der Waals surface area contributed by atoms with Crippen LogP contribution in [0.5, 0.6) is 0 Å². The van der Waals surface area contributed by atoms with Gasteiger partial charge in [0.1, 0.15) is 0 Å². The molecule has 1 heterocycles. The third kappa shape index (κ3) is 1.90. The van der Waals surface area contributed by atoms with E-state index >= 15 is 0 Å². The van der Waals surface area contributed by atoms with E-state index in [1.165, 1.54) is 6.07 Å². The molecule has 12 heavy (non-hydrogen) atoms. The van der Waals surface area contributed by atoms with Crippen molar-refractivity contribution in [3.05, 3.63) is 31.6 Å². The minimum atomic E-state index is -0.422. The standard InChI is InChI=1S/C7H7IN2O2/c1-2-5-3-4-6(10(11)12)7(8)9-5/h3-4H,2H2,1H3. The highest BCUT2D eigenvalue weighted by Crippen LogP contribution is 2.18. The maximum Gasteiger partial charge on any atom is 0.301 e. The lowest BCUT2D eigenvalue weighted by Crippen LogP contribution is -1.96. The molecule has 0 aliphatic carbocycles. The van der Waals surface area contributed by atoms with Crippen LogP contribution in [0, 0.1) is 13.8 Å². The Morgan fingerprint density at radius 3 is 2.75 bits per heavy atom. The van der Waals surface area contributed by atoms with Gasteiger partial charge in [0.2, 0.25) is 0 Å². The Bertz CT molecular complexity index is 314. The summed E-state index contributed by atoms with van der Waals surface area (Å²) in [4.78, 5) is 14.0. The topological polar surface area (TPSA) is 56.0 Å². The Morgan fingerprint density at radius 1 is 1.67 bits per heavy atom. The number of hydrogen-bond acceptors (Lipinski definition) is 3. The van der Waals surface area contributed by atoms with E-state index < -0.39 is 4.92 Å². The van der Waals surface area contributed by atoms with Gasteiger partial charge in [-0.3, -0.25) is 10.1 Å². The summed E-state index contributed by atoms with van der Waals surface area (Å²) in [6.07, 6.45) is 0.800. The Hall–Kier alpha value is -0.720. The summed E-state index contributed by atoms with van der Waals surface area (Å²) < 4.78 is 0.456. The normalized spacial score (nSPS) is 9.83. The fourth-order valence-corrected chi connectivity index (χ4v) is 1.48. The summed E-state index contributed by atoms with van der Waals surface area (Å²) in [5, 5.41) is 10.4. The zero-order chi connectivity index (χ0) is 9.14. The van der Waals surface area contributed by atoms with Crippen molar-refractivity contribution in [2.75, 3.05) is 0 Å². The second-order valence-corrected chi connectivity index (χ2v) is 3.24. The van der Waals surface area contributed by atoms with E-state index in [0.29, 0.717) is 3.70 Å². The lowest BCUT2D eigenvalue weighted by molar-refractivity contribution is -0.386. The first-order chi connectivity index (χ1) is 5.65. The SMILES string of the molecule is CCc1ccc([N+](=O)[O-])c(I)n1. The molecule has 5 heteroatoms. The summed E-state index contributed by atoms with van der Waals surface area (Å²) in [5.74, 6) is 0. The van der Waals surface area contributed by atoms with Gasteiger partial charge in [-0.25, -0.2) is 4.98 Å². The number of rotatable bonds is 2. The molecule has 0 saturated carbocycles. The van der Waals surface area contributed by atoms with E-state index in [0.717, 1.165) is 12.1 Å². The summed E-state index contributed by atoms with van der Waals surface area (Å²) >= 11 is 1.87. The molecule has 0 saturated heterocycles. The number of aromatic nitrogens is 1. The van der Waals surface area contributed by atoms with Crippen LogP contribution in [0.1, 0.15) is 12.6 Å². The summed E-state index contributed by atoms with van der Waals surface area (Å²) in [5.41, 5.74) is 0.956. The van der Waals surface area contributed by atoms with Crippen molar-refractivity contribution in [3.8, 4) is 0 Å². The predicted molar refractivity (Wildman–Crippen MR) is 53.0 cm³/mol. The first-order valence-corrected chi connectivity index (χ1v) is 4.53. The van der Waals surface area contributed by atoms with Crippen molar-refractivity contribution < 1.29 is 4.92 Å². The number of nitro groups is 1. The fourth-order valence-electron chi connectivity index (χ4n) is 0.798. The van der Waals surface area contributed by atoms with Crippen molar-refractivity contribution in [3.63, 3.8) is 0 Å². The van der Waals surface area contributed by atoms with Crippen molar-refractivity contribution >= 4 is 28.3 Å². The van der Waals surface area contributed by atoms with Gasteiger partial charge < -0.3 is 0 Å². The number of aryl methyl sites for hydroxylation is 1. The smallest absolute Gasteiger partial charge is 0.258 e. The predicted octanol–water partition coefficient (Wildman–Crippen LogP) is 2.16. The molecular formula is C7H7IN2O2. The molecule has 0 spiro atoms. The van der Waals surface area contributed by atoms with Crippen LogP contribution in [0.4, 0.5) is 5.69 Å². The number of nitrogens with zero attached hydrogens (tertiary/aromatic N) is 2. The van der Waals surface area contributed by atoms with Crippen LogP contribution >= 0.6 is 22.6 Å². The molecule has 1 aromatic rings. The van der Waals surface area contributed by atoms with Crippen LogP contribution in [-0.2, 0) is 6.42 Å². The van der Waals surface area contributed by atoms with E-state index in [4.69, 9.17) is 0 Å².